The summed E-state index contributed by atoms with van der Waals surface area (Å²) in [5.41, 5.74) is 7.63. The van der Waals surface area contributed by atoms with E-state index >= 15 is 0 Å². The Balaban J connectivity index is 1.56. The minimum atomic E-state index is 0.495. The van der Waals surface area contributed by atoms with Crippen LogP contribution in [-0.2, 0) is 0 Å². The first kappa shape index (κ1) is 18.3. The van der Waals surface area contributed by atoms with Crippen LogP contribution in [0.25, 0.3) is 0 Å². The van der Waals surface area contributed by atoms with Crippen molar-refractivity contribution in [2.75, 3.05) is 0 Å². The van der Waals surface area contributed by atoms with E-state index in [9.17, 15) is 0 Å². The maximum absolute atomic E-state index is 6.36. The summed E-state index contributed by atoms with van der Waals surface area (Å²) in [5, 5.41) is 0. The van der Waals surface area contributed by atoms with Gasteiger partial charge in [-0.2, -0.15) is 0 Å². The third-order valence-corrected chi connectivity index (χ3v) is 10.2. The lowest BCUT2D eigenvalue weighted by molar-refractivity contribution is -0.116. The Hall–Kier alpha value is -0.0400. The van der Waals surface area contributed by atoms with Gasteiger partial charge in [-0.25, -0.2) is 0 Å². The third kappa shape index (κ3) is 2.74. The predicted octanol–water partition coefficient (Wildman–Crippen LogP) is 6.41. The van der Waals surface area contributed by atoms with Gasteiger partial charge in [0.05, 0.1) is 0 Å². The molecule has 2 N–H and O–H groups in total. The van der Waals surface area contributed by atoms with E-state index in [1.807, 2.05) is 0 Å². The van der Waals surface area contributed by atoms with Crippen LogP contribution in [0.1, 0.15) is 98.3 Å². The largest absolute Gasteiger partial charge is 0.328 e. The summed E-state index contributed by atoms with van der Waals surface area (Å²) in [5.74, 6) is 5.95. The zero-order valence-corrected chi connectivity index (χ0v) is 17.4. The SMILES string of the molecule is CCC[C@@H](C)[C@H]1CC[C@H]2[C@@H]3CCC4CC(N)CC[C@]4(C)[C@H]3CC[C@]12C. The Bertz CT molecular complexity index is 486. The Morgan fingerprint density at radius 1 is 0.920 bits per heavy atom. The summed E-state index contributed by atoms with van der Waals surface area (Å²) in [7, 11) is 0. The van der Waals surface area contributed by atoms with Crippen molar-refractivity contribution in [2.45, 2.75) is 104 Å². The molecule has 4 aliphatic carbocycles. The molecular weight excluding hydrogens is 302 g/mol. The molecule has 0 aromatic rings. The summed E-state index contributed by atoms with van der Waals surface area (Å²) in [6.45, 7) is 10.3. The van der Waals surface area contributed by atoms with Crippen LogP contribution in [0, 0.1) is 46.3 Å². The molecular formula is C24H43N. The van der Waals surface area contributed by atoms with E-state index < -0.39 is 0 Å². The predicted molar refractivity (Wildman–Crippen MR) is 107 cm³/mol. The smallest absolute Gasteiger partial charge is 0.00418 e. The van der Waals surface area contributed by atoms with Gasteiger partial charge in [0.15, 0.2) is 0 Å². The van der Waals surface area contributed by atoms with Gasteiger partial charge in [-0.15, -0.1) is 0 Å². The Labute approximate surface area is 156 Å². The number of hydrogen-bond acceptors (Lipinski definition) is 1. The van der Waals surface area contributed by atoms with Crippen LogP contribution in [-0.4, -0.2) is 6.04 Å². The molecule has 0 aromatic heterocycles. The van der Waals surface area contributed by atoms with Crippen molar-refractivity contribution < 1.29 is 0 Å². The molecule has 0 aromatic carbocycles. The van der Waals surface area contributed by atoms with Crippen LogP contribution in [0.4, 0.5) is 0 Å². The second-order valence-electron chi connectivity index (χ2n) is 11.2. The zero-order chi connectivity index (χ0) is 17.8. The lowest BCUT2D eigenvalue weighted by Gasteiger charge is -2.61. The summed E-state index contributed by atoms with van der Waals surface area (Å²) < 4.78 is 0. The highest BCUT2D eigenvalue weighted by atomic mass is 14.7. The fourth-order valence-corrected chi connectivity index (χ4v) is 8.92. The molecule has 1 nitrogen and oxygen atoms in total. The van der Waals surface area contributed by atoms with Gasteiger partial charge in [0.1, 0.15) is 0 Å². The Morgan fingerprint density at radius 3 is 2.40 bits per heavy atom. The molecule has 0 heterocycles. The summed E-state index contributed by atoms with van der Waals surface area (Å²) >= 11 is 0. The number of fused-ring (bicyclic) bond motifs is 5. The van der Waals surface area contributed by atoms with Crippen LogP contribution >= 0.6 is 0 Å². The van der Waals surface area contributed by atoms with Crippen LogP contribution in [0.15, 0.2) is 0 Å². The van der Waals surface area contributed by atoms with Crippen LogP contribution in [0.5, 0.6) is 0 Å². The maximum Gasteiger partial charge on any atom is 0.00418 e. The molecule has 9 atom stereocenters. The van der Waals surface area contributed by atoms with Crippen molar-refractivity contribution in [2.24, 2.45) is 52.1 Å². The standard InChI is InChI=1S/C24H43N/c1-5-6-16(2)20-9-10-21-19-8-7-17-15-18(25)11-13-23(17,3)22(19)12-14-24(20,21)4/h16-22H,5-15,25H2,1-4H3/t16-,17?,18?,19+,20-,21+,22+,23+,24-/m1/s1. The van der Waals surface area contributed by atoms with Gasteiger partial charge >= 0.3 is 0 Å². The first-order valence-corrected chi connectivity index (χ1v) is 11.7. The normalized spacial score (nSPS) is 53.6. The highest BCUT2D eigenvalue weighted by Crippen LogP contribution is 2.68. The average Bonchev–Trinajstić information content (AvgIpc) is 2.93. The minimum absolute atomic E-state index is 0.495. The molecule has 144 valence electrons. The van der Waals surface area contributed by atoms with Gasteiger partial charge in [0.2, 0.25) is 0 Å². The molecule has 0 aliphatic heterocycles. The van der Waals surface area contributed by atoms with Crippen molar-refractivity contribution in [1.29, 1.82) is 0 Å². The molecule has 1 heteroatoms. The first-order chi connectivity index (χ1) is 11.9. The molecule has 0 radical (unpaired) electrons. The zero-order valence-electron chi connectivity index (χ0n) is 17.4. The van der Waals surface area contributed by atoms with E-state index in [1.54, 1.807) is 0 Å². The van der Waals surface area contributed by atoms with E-state index in [0.717, 1.165) is 35.5 Å². The quantitative estimate of drug-likeness (QED) is 0.628. The Morgan fingerprint density at radius 2 is 1.64 bits per heavy atom. The second kappa shape index (κ2) is 6.54. The number of nitrogens with two attached hydrogens (primary N) is 1. The van der Waals surface area contributed by atoms with Gasteiger partial charge in [-0.05, 0) is 104 Å². The fraction of sp³-hybridized carbons (Fsp3) is 1.00. The van der Waals surface area contributed by atoms with Crippen molar-refractivity contribution in [3.8, 4) is 0 Å². The van der Waals surface area contributed by atoms with E-state index in [-0.39, 0.29) is 0 Å². The van der Waals surface area contributed by atoms with Crippen molar-refractivity contribution in [3.63, 3.8) is 0 Å². The van der Waals surface area contributed by atoms with Gasteiger partial charge in [-0.1, -0.05) is 40.5 Å². The molecule has 4 saturated carbocycles. The molecule has 0 spiro atoms. The van der Waals surface area contributed by atoms with E-state index in [1.165, 1.54) is 70.6 Å². The topological polar surface area (TPSA) is 26.0 Å². The van der Waals surface area contributed by atoms with Crippen LogP contribution < -0.4 is 5.73 Å². The lowest BCUT2D eigenvalue weighted by Crippen LogP contribution is -2.54. The molecule has 25 heavy (non-hydrogen) atoms. The highest BCUT2D eigenvalue weighted by molar-refractivity contribution is 5.09. The molecule has 4 aliphatic rings. The third-order valence-electron chi connectivity index (χ3n) is 10.2. The molecule has 4 fully saturated rings. The summed E-state index contributed by atoms with van der Waals surface area (Å²) in [4.78, 5) is 0. The lowest BCUT2D eigenvalue weighted by atomic mass is 9.44. The molecule has 2 unspecified atom stereocenters. The maximum atomic E-state index is 6.36. The number of rotatable bonds is 3. The average molecular weight is 346 g/mol. The summed E-state index contributed by atoms with van der Waals surface area (Å²) in [6, 6.07) is 0.495. The van der Waals surface area contributed by atoms with E-state index in [4.69, 9.17) is 5.73 Å². The molecule has 0 saturated heterocycles. The highest BCUT2D eigenvalue weighted by Gasteiger charge is 2.60. The van der Waals surface area contributed by atoms with Crippen molar-refractivity contribution in [1.82, 2.24) is 0 Å². The van der Waals surface area contributed by atoms with Crippen LogP contribution in [0.2, 0.25) is 0 Å². The second-order valence-corrected chi connectivity index (χ2v) is 11.2. The molecule has 4 rings (SSSR count). The monoisotopic (exact) mass is 345 g/mol. The fourth-order valence-electron chi connectivity index (χ4n) is 8.92. The summed E-state index contributed by atoms with van der Waals surface area (Å²) in [6.07, 6.45) is 15.9. The van der Waals surface area contributed by atoms with Gasteiger partial charge in [0.25, 0.3) is 0 Å². The van der Waals surface area contributed by atoms with Gasteiger partial charge in [-0.3, -0.25) is 0 Å². The molecule has 0 bridgehead atoms. The van der Waals surface area contributed by atoms with Crippen LogP contribution in [0.3, 0.4) is 0 Å². The van der Waals surface area contributed by atoms with Gasteiger partial charge in [0, 0.05) is 6.04 Å². The first-order valence-electron chi connectivity index (χ1n) is 11.7. The minimum Gasteiger partial charge on any atom is -0.328 e. The van der Waals surface area contributed by atoms with Crippen molar-refractivity contribution in [3.05, 3.63) is 0 Å². The van der Waals surface area contributed by atoms with Gasteiger partial charge < -0.3 is 5.73 Å². The number of hydrogen-bond donors (Lipinski definition) is 1. The molecule has 0 amide bonds. The Kier molecular flexibility index (Phi) is 4.79. The van der Waals surface area contributed by atoms with E-state index in [0.29, 0.717) is 16.9 Å². The van der Waals surface area contributed by atoms with E-state index in [2.05, 4.69) is 27.7 Å². The van der Waals surface area contributed by atoms with Crippen molar-refractivity contribution >= 4 is 0 Å².